The topological polar surface area (TPSA) is 110 Å². The van der Waals surface area contributed by atoms with Crippen molar-refractivity contribution in [2.24, 2.45) is 0 Å². The molecule has 3 aromatic rings. The summed E-state index contributed by atoms with van der Waals surface area (Å²) in [5.41, 5.74) is 1.28. The van der Waals surface area contributed by atoms with Crippen LogP contribution in [-0.2, 0) is 9.53 Å². The first-order valence-electron chi connectivity index (χ1n) is 7.71. The lowest BCUT2D eigenvalue weighted by Crippen LogP contribution is -2.15. The first-order chi connectivity index (χ1) is 13.1. The number of thioether (sulfide) groups is 1. The van der Waals surface area contributed by atoms with Crippen molar-refractivity contribution >= 4 is 40.9 Å². The number of nitrogens with one attached hydrogen (secondary N) is 2. The summed E-state index contributed by atoms with van der Waals surface area (Å²) in [5, 5.41) is 10.2. The third-order valence-electron chi connectivity index (χ3n) is 3.37. The highest BCUT2D eigenvalue weighted by Gasteiger charge is 2.13. The number of hydrogen-bond donors (Lipinski definition) is 2. The van der Waals surface area contributed by atoms with Crippen LogP contribution in [0, 0.1) is 0 Å². The molecule has 0 bridgehead atoms. The number of halogens is 1. The summed E-state index contributed by atoms with van der Waals surface area (Å²) < 4.78 is 4.66. The molecule has 0 atom stereocenters. The van der Waals surface area contributed by atoms with Gasteiger partial charge in [-0.15, -0.1) is 5.10 Å². The molecule has 8 nitrogen and oxygen atoms in total. The highest BCUT2D eigenvalue weighted by molar-refractivity contribution is 7.99. The number of esters is 1. The van der Waals surface area contributed by atoms with Crippen LogP contribution in [0.2, 0.25) is 5.02 Å². The molecule has 138 valence electrons. The van der Waals surface area contributed by atoms with E-state index < -0.39 is 5.97 Å². The number of amides is 1. The van der Waals surface area contributed by atoms with Gasteiger partial charge >= 0.3 is 5.97 Å². The molecule has 0 spiro atoms. The Morgan fingerprint density at radius 1 is 1.30 bits per heavy atom. The Morgan fingerprint density at radius 2 is 2.15 bits per heavy atom. The Hall–Kier alpha value is -2.91. The van der Waals surface area contributed by atoms with Crippen LogP contribution in [0.25, 0.3) is 11.5 Å². The molecule has 0 unspecified atom stereocenters. The standard InChI is InChI=1S/C17H14ClN5O3S/c1-26-16(25)10-5-6-11(18)13(8-10)20-14(24)9-27-17-21-15(22-23-17)12-4-2-3-7-19-12/h2-8H,9H2,1H3,(H,20,24)(H,21,22,23). The van der Waals surface area contributed by atoms with Gasteiger partial charge in [0.15, 0.2) is 5.82 Å². The summed E-state index contributed by atoms with van der Waals surface area (Å²) in [6.45, 7) is 0. The average Bonchev–Trinajstić information content (AvgIpc) is 3.17. The molecule has 1 aromatic carbocycles. The van der Waals surface area contributed by atoms with Crippen molar-refractivity contribution in [1.82, 2.24) is 20.2 Å². The molecule has 0 aliphatic heterocycles. The normalized spacial score (nSPS) is 10.4. The van der Waals surface area contributed by atoms with Crippen molar-refractivity contribution in [1.29, 1.82) is 0 Å². The van der Waals surface area contributed by atoms with Gasteiger partial charge in [-0.05, 0) is 30.3 Å². The summed E-state index contributed by atoms with van der Waals surface area (Å²) in [6, 6.07) is 9.95. The van der Waals surface area contributed by atoms with Gasteiger partial charge in [-0.1, -0.05) is 29.4 Å². The lowest BCUT2D eigenvalue weighted by molar-refractivity contribution is -0.113. The number of rotatable bonds is 6. The average molecular weight is 404 g/mol. The van der Waals surface area contributed by atoms with Gasteiger partial charge in [-0.25, -0.2) is 4.79 Å². The van der Waals surface area contributed by atoms with E-state index in [0.29, 0.717) is 32.9 Å². The van der Waals surface area contributed by atoms with Crippen LogP contribution in [0.4, 0.5) is 5.69 Å². The van der Waals surface area contributed by atoms with E-state index in [0.717, 1.165) is 11.8 Å². The number of benzene rings is 1. The number of methoxy groups -OCH3 is 1. The van der Waals surface area contributed by atoms with Crippen LogP contribution >= 0.6 is 23.4 Å². The molecule has 10 heteroatoms. The number of nitrogens with zero attached hydrogens (tertiary/aromatic N) is 3. The summed E-state index contributed by atoms with van der Waals surface area (Å²) in [5.74, 6) is -0.238. The maximum absolute atomic E-state index is 12.2. The molecule has 2 heterocycles. The first kappa shape index (κ1) is 18.9. The lowest BCUT2D eigenvalue weighted by Gasteiger charge is -2.08. The molecular formula is C17H14ClN5O3S. The van der Waals surface area contributed by atoms with Crippen LogP contribution in [0.15, 0.2) is 47.8 Å². The molecular weight excluding hydrogens is 390 g/mol. The number of carbonyl (C=O) groups is 2. The number of aromatic nitrogens is 4. The predicted octanol–water partition coefficient (Wildman–Crippen LogP) is 3.04. The number of anilines is 1. The van der Waals surface area contributed by atoms with Gasteiger partial charge in [0.1, 0.15) is 5.69 Å². The van der Waals surface area contributed by atoms with E-state index in [9.17, 15) is 9.59 Å². The largest absolute Gasteiger partial charge is 0.465 e. The van der Waals surface area contributed by atoms with Gasteiger partial charge in [-0.2, -0.15) is 4.98 Å². The molecule has 2 aromatic heterocycles. The number of hydrogen-bond acceptors (Lipinski definition) is 7. The van der Waals surface area contributed by atoms with Crippen LogP contribution < -0.4 is 5.32 Å². The van der Waals surface area contributed by atoms with Gasteiger partial charge < -0.3 is 10.1 Å². The van der Waals surface area contributed by atoms with Crippen molar-refractivity contribution in [3.8, 4) is 11.5 Å². The van der Waals surface area contributed by atoms with E-state index in [1.807, 2.05) is 6.07 Å². The molecule has 0 radical (unpaired) electrons. The third kappa shape index (κ3) is 4.83. The Kier molecular flexibility index (Phi) is 6.05. The van der Waals surface area contributed by atoms with Gasteiger partial charge in [-0.3, -0.25) is 14.9 Å². The van der Waals surface area contributed by atoms with E-state index >= 15 is 0 Å². The van der Waals surface area contributed by atoms with E-state index in [1.165, 1.54) is 25.3 Å². The van der Waals surface area contributed by atoms with E-state index in [2.05, 4.69) is 30.2 Å². The fourth-order valence-electron chi connectivity index (χ4n) is 2.11. The highest BCUT2D eigenvalue weighted by atomic mass is 35.5. The number of H-pyrrole nitrogens is 1. The SMILES string of the molecule is COC(=O)c1ccc(Cl)c(NC(=O)CSc2n[nH]c(-c3ccccn3)n2)c1. The number of ether oxygens (including phenoxy) is 1. The number of pyridine rings is 1. The second-order valence-electron chi connectivity index (χ2n) is 5.20. The van der Waals surface area contributed by atoms with Crippen LogP contribution in [-0.4, -0.2) is 44.9 Å². The van der Waals surface area contributed by atoms with E-state index in [1.54, 1.807) is 18.3 Å². The summed E-state index contributed by atoms with van der Waals surface area (Å²) >= 11 is 7.22. The maximum Gasteiger partial charge on any atom is 0.337 e. The molecule has 0 aliphatic rings. The lowest BCUT2D eigenvalue weighted by atomic mass is 10.2. The molecule has 0 aliphatic carbocycles. The number of carbonyl (C=O) groups excluding carboxylic acids is 2. The van der Waals surface area contributed by atoms with Gasteiger partial charge in [0.2, 0.25) is 11.1 Å². The van der Waals surface area contributed by atoms with Crippen molar-refractivity contribution in [3.05, 3.63) is 53.2 Å². The van der Waals surface area contributed by atoms with Crippen molar-refractivity contribution < 1.29 is 14.3 Å². The minimum atomic E-state index is -0.515. The molecule has 0 saturated carbocycles. The Balaban J connectivity index is 1.61. The molecule has 0 fully saturated rings. The summed E-state index contributed by atoms with van der Waals surface area (Å²) in [4.78, 5) is 32.2. The molecule has 27 heavy (non-hydrogen) atoms. The molecule has 3 rings (SSSR count). The predicted molar refractivity (Wildman–Crippen MR) is 102 cm³/mol. The minimum absolute atomic E-state index is 0.0678. The Labute approximate surface area is 163 Å². The smallest absolute Gasteiger partial charge is 0.337 e. The van der Waals surface area contributed by atoms with Crippen molar-refractivity contribution in [2.75, 3.05) is 18.2 Å². The zero-order valence-electron chi connectivity index (χ0n) is 14.1. The van der Waals surface area contributed by atoms with E-state index in [-0.39, 0.29) is 11.7 Å². The molecule has 0 saturated heterocycles. The van der Waals surface area contributed by atoms with E-state index in [4.69, 9.17) is 11.6 Å². The van der Waals surface area contributed by atoms with Crippen LogP contribution in [0.1, 0.15) is 10.4 Å². The molecule has 2 N–H and O–H groups in total. The third-order valence-corrected chi connectivity index (χ3v) is 4.54. The van der Waals surface area contributed by atoms with Gasteiger partial charge in [0, 0.05) is 6.20 Å². The Morgan fingerprint density at radius 3 is 2.89 bits per heavy atom. The first-order valence-corrected chi connectivity index (χ1v) is 9.07. The quantitative estimate of drug-likeness (QED) is 0.480. The fourth-order valence-corrected chi connectivity index (χ4v) is 2.87. The minimum Gasteiger partial charge on any atom is -0.465 e. The second kappa shape index (κ2) is 8.65. The Bertz CT molecular complexity index is 964. The maximum atomic E-state index is 12.2. The zero-order chi connectivity index (χ0) is 19.2. The van der Waals surface area contributed by atoms with Gasteiger partial charge in [0.05, 0.1) is 29.1 Å². The second-order valence-corrected chi connectivity index (χ2v) is 6.55. The molecule has 1 amide bonds. The summed E-state index contributed by atoms with van der Waals surface area (Å²) in [6.07, 6.45) is 1.66. The van der Waals surface area contributed by atoms with Gasteiger partial charge in [0.25, 0.3) is 0 Å². The van der Waals surface area contributed by atoms with Crippen LogP contribution in [0.3, 0.4) is 0 Å². The summed E-state index contributed by atoms with van der Waals surface area (Å²) in [7, 11) is 1.28. The zero-order valence-corrected chi connectivity index (χ0v) is 15.7. The van der Waals surface area contributed by atoms with Crippen LogP contribution in [0.5, 0.6) is 0 Å². The fraction of sp³-hybridized carbons (Fsp3) is 0.118. The number of aromatic amines is 1. The highest BCUT2D eigenvalue weighted by Crippen LogP contribution is 2.24. The van der Waals surface area contributed by atoms with Crippen molar-refractivity contribution in [3.63, 3.8) is 0 Å². The van der Waals surface area contributed by atoms with Crippen molar-refractivity contribution in [2.45, 2.75) is 5.16 Å². The monoisotopic (exact) mass is 403 g/mol.